The molecule has 0 spiro atoms. The Bertz CT molecular complexity index is 331. The van der Waals surface area contributed by atoms with Crippen molar-refractivity contribution in [1.82, 2.24) is 5.32 Å². The van der Waals surface area contributed by atoms with E-state index in [9.17, 15) is 13.2 Å². The van der Waals surface area contributed by atoms with Crippen LogP contribution in [-0.4, -0.2) is 12.7 Å². The summed E-state index contributed by atoms with van der Waals surface area (Å²) < 4.78 is 39.1. The molecular weight excluding hydrogens is 239 g/mol. The summed E-state index contributed by atoms with van der Waals surface area (Å²) in [7, 11) is 0. The molecule has 16 heavy (non-hydrogen) atoms. The Hall–Kier alpha value is -0.740. The van der Waals surface area contributed by atoms with Crippen LogP contribution in [0.4, 0.5) is 13.2 Å². The summed E-state index contributed by atoms with van der Waals surface area (Å²) >= 11 is 0. The van der Waals surface area contributed by atoms with Gasteiger partial charge in [-0.3, -0.25) is 5.32 Å². The van der Waals surface area contributed by atoms with Crippen LogP contribution < -0.4 is 5.32 Å². The maximum absolute atomic E-state index is 13.0. The zero-order chi connectivity index (χ0) is 10.9. The van der Waals surface area contributed by atoms with Crippen LogP contribution in [-0.2, 0) is 5.54 Å². The molecular formula is C11H13ClF3N. The lowest BCUT2D eigenvalue weighted by atomic mass is 9.88. The average molecular weight is 252 g/mol. The molecule has 1 unspecified atom stereocenters. The lowest BCUT2D eigenvalue weighted by molar-refractivity contribution is -0.196. The van der Waals surface area contributed by atoms with Crippen molar-refractivity contribution in [2.75, 3.05) is 6.54 Å². The highest BCUT2D eigenvalue weighted by Gasteiger charge is 2.56. The van der Waals surface area contributed by atoms with E-state index in [2.05, 4.69) is 5.32 Å². The van der Waals surface area contributed by atoms with Crippen molar-refractivity contribution in [2.24, 2.45) is 0 Å². The highest BCUT2D eigenvalue weighted by atomic mass is 35.5. The number of benzene rings is 1. The van der Waals surface area contributed by atoms with Crippen molar-refractivity contribution < 1.29 is 13.2 Å². The van der Waals surface area contributed by atoms with E-state index in [1.165, 1.54) is 12.1 Å². The van der Waals surface area contributed by atoms with Gasteiger partial charge in [-0.2, -0.15) is 13.2 Å². The van der Waals surface area contributed by atoms with E-state index in [1.807, 2.05) is 0 Å². The summed E-state index contributed by atoms with van der Waals surface area (Å²) in [5, 5.41) is 2.60. The Morgan fingerprint density at radius 1 is 1.12 bits per heavy atom. The molecule has 0 radical (unpaired) electrons. The molecule has 0 saturated carbocycles. The standard InChI is InChI=1S/C11H12F3N.ClH/c12-11(13,14)10(7-4-8-15-10)9-5-2-1-3-6-9;/h1-3,5-6,15H,4,7-8H2;1H. The second kappa shape index (κ2) is 4.63. The third-order valence-electron chi connectivity index (χ3n) is 2.91. The van der Waals surface area contributed by atoms with Gasteiger partial charge < -0.3 is 0 Å². The molecule has 1 atom stereocenters. The molecule has 1 saturated heterocycles. The van der Waals surface area contributed by atoms with Crippen molar-refractivity contribution in [3.63, 3.8) is 0 Å². The molecule has 1 aromatic carbocycles. The molecule has 0 aromatic heterocycles. The molecule has 5 heteroatoms. The maximum Gasteiger partial charge on any atom is 0.410 e. The molecule has 1 aliphatic rings. The van der Waals surface area contributed by atoms with E-state index in [1.54, 1.807) is 18.2 Å². The zero-order valence-electron chi connectivity index (χ0n) is 8.55. The third-order valence-corrected chi connectivity index (χ3v) is 2.91. The zero-order valence-corrected chi connectivity index (χ0v) is 9.37. The van der Waals surface area contributed by atoms with Gasteiger partial charge in [0.15, 0.2) is 0 Å². The van der Waals surface area contributed by atoms with Crippen LogP contribution in [0.5, 0.6) is 0 Å². The van der Waals surface area contributed by atoms with E-state index < -0.39 is 11.7 Å². The van der Waals surface area contributed by atoms with Gasteiger partial charge in [0.05, 0.1) is 0 Å². The molecule has 90 valence electrons. The number of hydrogen-bond acceptors (Lipinski definition) is 1. The highest BCUT2D eigenvalue weighted by molar-refractivity contribution is 5.85. The van der Waals surface area contributed by atoms with Gasteiger partial charge in [-0.1, -0.05) is 30.3 Å². The summed E-state index contributed by atoms with van der Waals surface area (Å²) in [5.74, 6) is 0. The summed E-state index contributed by atoms with van der Waals surface area (Å²) in [4.78, 5) is 0. The molecule has 1 aliphatic heterocycles. The molecule has 0 bridgehead atoms. The fourth-order valence-electron chi connectivity index (χ4n) is 2.12. The molecule has 1 aromatic rings. The van der Waals surface area contributed by atoms with Gasteiger partial charge in [0.25, 0.3) is 0 Å². The quantitative estimate of drug-likeness (QED) is 0.808. The largest absolute Gasteiger partial charge is 0.410 e. The first-order chi connectivity index (χ1) is 7.06. The van der Waals surface area contributed by atoms with Crippen molar-refractivity contribution in [3.8, 4) is 0 Å². The fourth-order valence-corrected chi connectivity index (χ4v) is 2.12. The van der Waals surface area contributed by atoms with Gasteiger partial charge in [0, 0.05) is 0 Å². The number of nitrogens with one attached hydrogen (secondary N) is 1. The third kappa shape index (κ3) is 2.04. The molecule has 1 N–H and O–H groups in total. The predicted molar refractivity (Wildman–Crippen MR) is 58.7 cm³/mol. The Balaban J connectivity index is 0.00000128. The summed E-state index contributed by atoms with van der Waals surface area (Å²) in [6.45, 7) is 0.425. The van der Waals surface area contributed by atoms with Gasteiger partial charge in [0.1, 0.15) is 5.54 Å². The van der Waals surface area contributed by atoms with Crippen molar-refractivity contribution in [1.29, 1.82) is 0 Å². The van der Waals surface area contributed by atoms with E-state index in [0.29, 0.717) is 18.5 Å². The topological polar surface area (TPSA) is 12.0 Å². The minimum absolute atomic E-state index is 0. The average Bonchev–Trinajstić information content (AvgIpc) is 2.68. The van der Waals surface area contributed by atoms with E-state index in [4.69, 9.17) is 0 Å². The molecule has 1 fully saturated rings. The monoisotopic (exact) mass is 251 g/mol. The van der Waals surface area contributed by atoms with Gasteiger partial charge in [-0.15, -0.1) is 12.4 Å². The van der Waals surface area contributed by atoms with Crippen LogP contribution in [0.1, 0.15) is 18.4 Å². The minimum atomic E-state index is -4.23. The van der Waals surface area contributed by atoms with Crippen LogP contribution in [0.3, 0.4) is 0 Å². The Kier molecular flexibility index (Phi) is 3.86. The maximum atomic E-state index is 13.0. The van der Waals surface area contributed by atoms with Gasteiger partial charge in [0.2, 0.25) is 0 Å². The van der Waals surface area contributed by atoms with Crippen LogP contribution in [0.2, 0.25) is 0 Å². The van der Waals surface area contributed by atoms with Crippen molar-refractivity contribution in [2.45, 2.75) is 24.6 Å². The lowest BCUT2D eigenvalue weighted by Gasteiger charge is -2.32. The number of halogens is 4. The first-order valence-electron chi connectivity index (χ1n) is 4.93. The molecule has 0 amide bonds. The summed E-state index contributed by atoms with van der Waals surface area (Å²) in [6.07, 6.45) is -3.54. The van der Waals surface area contributed by atoms with Crippen molar-refractivity contribution in [3.05, 3.63) is 35.9 Å². The van der Waals surface area contributed by atoms with Crippen LogP contribution in [0.25, 0.3) is 0 Å². The molecule has 2 rings (SSSR count). The van der Waals surface area contributed by atoms with Crippen molar-refractivity contribution >= 4 is 12.4 Å². The fraction of sp³-hybridized carbons (Fsp3) is 0.455. The SMILES string of the molecule is Cl.FC(F)(F)C1(c2ccccc2)CCCN1. The highest BCUT2D eigenvalue weighted by Crippen LogP contribution is 2.44. The van der Waals surface area contributed by atoms with E-state index >= 15 is 0 Å². The number of rotatable bonds is 1. The minimum Gasteiger partial charge on any atom is -0.300 e. The molecule has 1 heterocycles. The number of alkyl halides is 3. The number of hydrogen-bond donors (Lipinski definition) is 1. The van der Waals surface area contributed by atoms with Crippen LogP contribution >= 0.6 is 12.4 Å². The molecule has 0 aliphatic carbocycles. The van der Waals surface area contributed by atoms with Gasteiger partial charge >= 0.3 is 6.18 Å². The van der Waals surface area contributed by atoms with Crippen LogP contribution in [0, 0.1) is 0 Å². The first kappa shape index (κ1) is 13.3. The van der Waals surface area contributed by atoms with E-state index in [0.717, 1.165) is 0 Å². The second-order valence-corrected chi connectivity index (χ2v) is 3.80. The summed E-state index contributed by atoms with van der Waals surface area (Å²) in [6, 6.07) is 8.08. The second-order valence-electron chi connectivity index (χ2n) is 3.80. The summed E-state index contributed by atoms with van der Waals surface area (Å²) in [5.41, 5.74) is -1.51. The van der Waals surface area contributed by atoms with Gasteiger partial charge in [-0.05, 0) is 24.9 Å². The predicted octanol–water partition coefficient (Wildman–Crippen LogP) is 3.25. The van der Waals surface area contributed by atoms with Crippen LogP contribution in [0.15, 0.2) is 30.3 Å². The Labute approximate surface area is 98.4 Å². The molecule has 1 nitrogen and oxygen atoms in total. The first-order valence-corrected chi connectivity index (χ1v) is 4.93. The Morgan fingerprint density at radius 2 is 1.75 bits per heavy atom. The Morgan fingerprint density at radius 3 is 2.19 bits per heavy atom. The lowest BCUT2D eigenvalue weighted by Crippen LogP contribution is -2.49. The smallest absolute Gasteiger partial charge is 0.300 e. The normalized spacial score (nSPS) is 25.2. The van der Waals surface area contributed by atoms with Gasteiger partial charge in [-0.25, -0.2) is 0 Å². The van der Waals surface area contributed by atoms with E-state index in [-0.39, 0.29) is 18.8 Å².